The van der Waals surface area contributed by atoms with Gasteiger partial charge in [0.25, 0.3) is 0 Å². The van der Waals surface area contributed by atoms with Crippen LogP contribution >= 0.6 is 0 Å². The van der Waals surface area contributed by atoms with Crippen LogP contribution in [0.4, 0.5) is 0 Å². The van der Waals surface area contributed by atoms with Crippen molar-refractivity contribution in [2.75, 3.05) is 6.54 Å². The molecule has 0 spiro atoms. The lowest BCUT2D eigenvalue weighted by Crippen LogP contribution is -2.53. The van der Waals surface area contributed by atoms with Gasteiger partial charge in [-0.15, -0.1) is 0 Å². The lowest BCUT2D eigenvalue weighted by atomic mass is 9.77. The summed E-state index contributed by atoms with van der Waals surface area (Å²) < 4.78 is 0. The second kappa shape index (κ2) is 5.59. The number of nitrogens with zero attached hydrogens (tertiary/aromatic N) is 2. The highest BCUT2D eigenvalue weighted by molar-refractivity contribution is 5.03. The lowest BCUT2D eigenvalue weighted by Gasteiger charge is -2.47. The zero-order valence-corrected chi connectivity index (χ0v) is 11.9. The van der Waals surface area contributed by atoms with Gasteiger partial charge in [-0.3, -0.25) is 4.90 Å². The summed E-state index contributed by atoms with van der Waals surface area (Å²) in [4.78, 5) is 2.65. The van der Waals surface area contributed by atoms with E-state index in [1.807, 2.05) is 6.92 Å². The first-order valence-corrected chi connectivity index (χ1v) is 7.49. The molecule has 0 bridgehead atoms. The van der Waals surface area contributed by atoms with Crippen molar-refractivity contribution in [1.29, 1.82) is 5.26 Å². The topological polar surface area (TPSA) is 53.1 Å². The van der Waals surface area contributed by atoms with E-state index in [9.17, 15) is 0 Å². The molecule has 0 amide bonds. The van der Waals surface area contributed by atoms with E-state index in [0.29, 0.717) is 6.04 Å². The molecule has 0 aromatic heterocycles. The Morgan fingerprint density at radius 1 is 1.33 bits per heavy atom. The quantitative estimate of drug-likeness (QED) is 0.836. The zero-order valence-electron chi connectivity index (χ0n) is 11.9. The van der Waals surface area contributed by atoms with E-state index in [1.165, 1.54) is 45.1 Å². The van der Waals surface area contributed by atoms with Crippen LogP contribution in [-0.2, 0) is 0 Å². The molecule has 2 aliphatic rings. The van der Waals surface area contributed by atoms with Gasteiger partial charge in [-0.1, -0.05) is 12.8 Å². The Kier molecular flexibility index (Phi) is 4.29. The molecule has 1 aliphatic carbocycles. The van der Waals surface area contributed by atoms with Gasteiger partial charge in [0.15, 0.2) is 0 Å². The second-order valence-electron chi connectivity index (χ2n) is 6.57. The SMILES string of the molecule is CC(CC(C)(N)C#N)N1CCCC2CCCCC21. The highest BCUT2D eigenvalue weighted by Gasteiger charge is 2.36. The van der Waals surface area contributed by atoms with Gasteiger partial charge in [0, 0.05) is 12.1 Å². The van der Waals surface area contributed by atoms with Crippen molar-refractivity contribution in [3.63, 3.8) is 0 Å². The van der Waals surface area contributed by atoms with Gasteiger partial charge < -0.3 is 5.73 Å². The summed E-state index contributed by atoms with van der Waals surface area (Å²) in [7, 11) is 0. The smallest absolute Gasteiger partial charge is 0.102 e. The van der Waals surface area contributed by atoms with E-state index in [1.54, 1.807) is 0 Å². The number of piperidine rings is 1. The minimum atomic E-state index is -0.680. The first-order chi connectivity index (χ1) is 8.53. The van der Waals surface area contributed by atoms with Crippen LogP contribution < -0.4 is 5.73 Å². The Hall–Kier alpha value is -0.590. The Morgan fingerprint density at radius 3 is 2.72 bits per heavy atom. The molecule has 0 aromatic rings. The van der Waals surface area contributed by atoms with Crippen molar-refractivity contribution in [2.45, 2.75) is 76.4 Å². The van der Waals surface area contributed by atoms with Gasteiger partial charge >= 0.3 is 0 Å². The summed E-state index contributed by atoms with van der Waals surface area (Å²) in [5.74, 6) is 0.904. The Balaban J connectivity index is 2.00. The van der Waals surface area contributed by atoms with Crippen LogP contribution in [0.3, 0.4) is 0 Å². The molecule has 4 unspecified atom stereocenters. The molecule has 1 saturated carbocycles. The Morgan fingerprint density at radius 2 is 2.00 bits per heavy atom. The maximum absolute atomic E-state index is 9.08. The first-order valence-electron chi connectivity index (χ1n) is 7.49. The summed E-state index contributed by atoms with van der Waals surface area (Å²) >= 11 is 0. The third kappa shape index (κ3) is 3.05. The van der Waals surface area contributed by atoms with E-state index in [0.717, 1.165) is 18.4 Å². The minimum Gasteiger partial charge on any atom is -0.314 e. The molecule has 1 saturated heterocycles. The number of hydrogen-bond donors (Lipinski definition) is 1. The predicted octanol–water partition coefficient (Wildman–Crippen LogP) is 2.66. The van der Waals surface area contributed by atoms with Gasteiger partial charge in [0.2, 0.25) is 0 Å². The highest BCUT2D eigenvalue weighted by atomic mass is 15.2. The summed E-state index contributed by atoms with van der Waals surface area (Å²) in [6, 6.07) is 3.43. The molecule has 4 atom stereocenters. The molecule has 1 heterocycles. The van der Waals surface area contributed by atoms with E-state index in [-0.39, 0.29) is 0 Å². The monoisotopic (exact) mass is 249 g/mol. The van der Waals surface area contributed by atoms with Crippen LogP contribution in [0.5, 0.6) is 0 Å². The number of hydrogen-bond acceptors (Lipinski definition) is 3. The fourth-order valence-electron chi connectivity index (χ4n) is 3.99. The molecule has 2 fully saturated rings. The molecule has 1 aliphatic heterocycles. The Bertz CT molecular complexity index is 316. The molecule has 2 rings (SSSR count). The molecular formula is C15H27N3. The molecule has 18 heavy (non-hydrogen) atoms. The third-order valence-corrected chi connectivity index (χ3v) is 4.83. The van der Waals surface area contributed by atoms with Crippen LogP contribution in [0.2, 0.25) is 0 Å². The van der Waals surface area contributed by atoms with E-state index >= 15 is 0 Å². The van der Waals surface area contributed by atoms with E-state index < -0.39 is 5.54 Å². The van der Waals surface area contributed by atoms with Crippen molar-refractivity contribution in [3.05, 3.63) is 0 Å². The van der Waals surface area contributed by atoms with Gasteiger partial charge in [-0.25, -0.2) is 0 Å². The number of nitrogens with two attached hydrogens (primary N) is 1. The van der Waals surface area contributed by atoms with Crippen LogP contribution in [0.1, 0.15) is 58.8 Å². The van der Waals surface area contributed by atoms with Crippen molar-refractivity contribution in [1.82, 2.24) is 4.90 Å². The van der Waals surface area contributed by atoms with Crippen LogP contribution in [0, 0.1) is 17.2 Å². The van der Waals surface area contributed by atoms with Gasteiger partial charge in [-0.2, -0.15) is 5.26 Å². The van der Waals surface area contributed by atoms with Crippen molar-refractivity contribution < 1.29 is 0 Å². The second-order valence-corrected chi connectivity index (χ2v) is 6.57. The highest BCUT2D eigenvalue weighted by Crippen LogP contribution is 2.37. The first kappa shape index (κ1) is 13.8. The minimum absolute atomic E-state index is 0.436. The molecule has 0 aromatic carbocycles. The molecule has 102 valence electrons. The average Bonchev–Trinajstić information content (AvgIpc) is 2.37. The van der Waals surface area contributed by atoms with Gasteiger partial charge in [0.1, 0.15) is 5.54 Å². The summed E-state index contributed by atoms with van der Waals surface area (Å²) in [6.07, 6.45) is 9.06. The maximum atomic E-state index is 9.08. The van der Waals surface area contributed by atoms with Crippen molar-refractivity contribution in [3.8, 4) is 6.07 Å². The van der Waals surface area contributed by atoms with Crippen molar-refractivity contribution >= 4 is 0 Å². The number of rotatable bonds is 3. The number of fused-ring (bicyclic) bond motifs is 1. The fourth-order valence-corrected chi connectivity index (χ4v) is 3.99. The van der Waals surface area contributed by atoms with Gasteiger partial charge in [0.05, 0.1) is 6.07 Å². The van der Waals surface area contributed by atoms with Crippen LogP contribution in [0.15, 0.2) is 0 Å². The maximum Gasteiger partial charge on any atom is 0.102 e. The normalized spacial score (nSPS) is 34.1. The number of likely N-dealkylation sites (tertiary alicyclic amines) is 1. The molecule has 3 nitrogen and oxygen atoms in total. The number of nitriles is 1. The summed E-state index contributed by atoms with van der Waals surface area (Å²) in [6.45, 7) is 5.30. The predicted molar refractivity (Wildman–Crippen MR) is 74.0 cm³/mol. The molecule has 2 N–H and O–H groups in total. The fraction of sp³-hybridized carbons (Fsp3) is 0.933. The van der Waals surface area contributed by atoms with Gasteiger partial charge in [-0.05, 0) is 58.4 Å². The zero-order chi connectivity index (χ0) is 13.2. The van der Waals surface area contributed by atoms with Crippen molar-refractivity contribution in [2.24, 2.45) is 11.7 Å². The average molecular weight is 249 g/mol. The van der Waals surface area contributed by atoms with E-state index in [2.05, 4.69) is 17.9 Å². The van der Waals surface area contributed by atoms with Crippen LogP contribution in [-0.4, -0.2) is 29.1 Å². The van der Waals surface area contributed by atoms with Crippen LogP contribution in [0.25, 0.3) is 0 Å². The molecule has 0 radical (unpaired) electrons. The molecule has 3 heteroatoms. The Labute approximate surface area is 111 Å². The summed E-state index contributed by atoms with van der Waals surface area (Å²) in [5.41, 5.74) is 5.32. The third-order valence-electron chi connectivity index (χ3n) is 4.83. The molecular weight excluding hydrogens is 222 g/mol. The summed E-state index contributed by atoms with van der Waals surface area (Å²) in [5, 5.41) is 9.08. The standard InChI is InChI=1S/C15H27N3/c1-12(10-15(2,17)11-16)18-9-5-7-13-6-3-4-8-14(13)18/h12-14H,3-10,17H2,1-2H3. The largest absolute Gasteiger partial charge is 0.314 e. The van der Waals surface area contributed by atoms with E-state index in [4.69, 9.17) is 11.0 Å². The lowest BCUT2D eigenvalue weighted by molar-refractivity contribution is 0.0248.